The molecule has 1 saturated carbocycles. The molecule has 1 fully saturated rings. The van der Waals surface area contributed by atoms with Crippen LogP contribution in [0.1, 0.15) is 52.0 Å². The quantitative estimate of drug-likeness (QED) is 0.792. The molecule has 4 nitrogen and oxygen atoms in total. The Morgan fingerprint density at radius 1 is 1.17 bits per heavy atom. The van der Waals surface area contributed by atoms with Crippen LogP contribution < -0.4 is 5.32 Å². The number of benzene rings is 1. The van der Waals surface area contributed by atoms with Crippen LogP contribution in [0.4, 0.5) is 0 Å². The number of amides is 1. The van der Waals surface area contributed by atoms with E-state index >= 15 is 0 Å². The first-order valence-electron chi connectivity index (χ1n) is 8.58. The zero-order chi connectivity index (χ0) is 17.7. The molecule has 5 heteroatoms. The summed E-state index contributed by atoms with van der Waals surface area (Å²) < 4.78 is 5.37. The smallest absolute Gasteiger partial charge is 0.317 e. The van der Waals surface area contributed by atoms with E-state index in [1.807, 2.05) is 32.9 Å². The molecule has 1 N–H and O–H groups in total. The minimum atomic E-state index is -0.644. The number of carbonyl (C=O) groups is 2. The highest BCUT2D eigenvalue weighted by Crippen LogP contribution is 2.42. The third-order valence-corrected chi connectivity index (χ3v) is 5.22. The lowest BCUT2D eigenvalue weighted by Gasteiger charge is -2.27. The Morgan fingerprint density at radius 3 is 2.29 bits per heavy atom. The van der Waals surface area contributed by atoms with E-state index in [0.717, 1.165) is 31.2 Å². The number of esters is 1. The zero-order valence-corrected chi connectivity index (χ0v) is 15.4. The average Bonchev–Trinajstić information content (AvgIpc) is 3.04. The molecule has 0 aromatic heterocycles. The van der Waals surface area contributed by atoms with E-state index in [9.17, 15) is 9.59 Å². The van der Waals surface area contributed by atoms with Crippen LogP contribution in [0.5, 0.6) is 0 Å². The number of rotatable bonds is 6. The van der Waals surface area contributed by atoms with Crippen molar-refractivity contribution in [2.24, 2.45) is 5.92 Å². The van der Waals surface area contributed by atoms with Gasteiger partial charge in [-0.25, -0.2) is 0 Å². The Bertz CT molecular complexity index is 577. The molecule has 1 amide bonds. The van der Waals surface area contributed by atoms with Crippen LogP contribution in [-0.2, 0) is 19.7 Å². The van der Waals surface area contributed by atoms with Crippen molar-refractivity contribution >= 4 is 23.5 Å². The second kappa shape index (κ2) is 8.02. The molecule has 1 aliphatic carbocycles. The normalized spacial score (nSPS) is 17.5. The molecule has 1 aliphatic rings. The van der Waals surface area contributed by atoms with Gasteiger partial charge in [-0.2, -0.15) is 0 Å². The Balaban J connectivity index is 2.02. The molecule has 24 heavy (non-hydrogen) atoms. The van der Waals surface area contributed by atoms with E-state index in [-0.39, 0.29) is 24.5 Å². The Hall–Kier alpha value is -1.55. The summed E-state index contributed by atoms with van der Waals surface area (Å²) >= 11 is 5.95. The van der Waals surface area contributed by atoms with Gasteiger partial charge in [-0.3, -0.25) is 9.59 Å². The minimum Gasteiger partial charge on any atom is -0.455 e. The van der Waals surface area contributed by atoms with E-state index in [1.54, 1.807) is 12.1 Å². The van der Waals surface area contributed by atoms with Gasteiger partial charge in [-0.05, 0) is 43.4 Å². The first kappa shape index (κ1) is 18.8. The molecule has 0 radical (unpaired) electrons. The maximum Gasteiger partial charge on any atom is 0.317 e. The summed E-state index contributed by atoms with van der Waals surface area (Å²) in [7, 11) is 0. The second-order valence-corrected chi connectivity index (χ2v) is 7.41. The van der Waals surface area contributed by atoms with E-state index in [4.69, 9.17) is 16.3 Å². The van der Waals surface area contributed by atoms with Crippen LogP contribution >= 0.6 is 11.6 Å². The Labute approximate surface area is 148 Å². The first-order chi connectivity index (χ1) is 11.3. The average molecular weight is 352 g/mol. The summed E-state index contributed by atoms with van der Waals surface area (Å²) in [6, 6.07) is 7.40. The lowest BCUT2D eigenvalue weighted by molar-refractivity contribution is -0.154. The van der Waals surface area contributed by atoms with Gasteiger partial charge in [0.15, 0.2) is 6.61 Å². The summed E-state index contributed by atoms with van der Waals surface area (Å²) in [5.74, 6) is -0.233. The number of hydrogen-bond donors (Lipinski definition) is 1. The number of ether oxygens (including phenoxy) is 1. The van der Waals surface area contributed by atoms with Crippen LogP contribution in [0.15, 0.2) is 24.3 Å². The molecule has 0 aliphatic heterocycles. The topological polar surface area (TPSA) is 55.4 Å². The van der Waals surface area contributed by atoms with Crippen LogP contribution in [0.3, 0.4) is 0 Å². The van der Waals surface area contributed by atoms with Gasteiger partial charge in [-0.1, -0.05) is 50.4 Å². The minimum absolute atomic E-state index is 0.0490. The molecule has 132 valence electrons. The molecule has 1 aromatic carbocycles. The molecule has 0 heterocycles. The summed E-state index contributed by atoms with van der Waals surface area (Å²) in [4.78, 5) is 24.7. The lowest BCUT2D eigenvalue weighted by atomic mass is 9.79. The van der Waals surface area contributed by atoms with Crippen molar-refractivity contribution in [1.82, 2.24) is 5.32 Å². The van der Waals surface area contributed by atoms with E-state index in [2.05, 4.69) is 5.32 Å². The Kier molecular flexibility index (Phi) is 6.27. The van der Waals surface area contributed by atoms with Gasteiger partial charge in [-0.15, -0.1) is 0 Å². The highest BCUT2D eigenvalue weighted by molar-refractivity contribution is 6.30. The fourth-order valence-corrected chi connectivity index (χ4v) is 3.22. The van der Waals surface area contributed by atoms with Crippen LogP contribution in [0, 0.1) is 5.92 Å². The molecule has 0 bridgehead atoms. The number of nitrogens with one attached hydrogen (secondary N) is 1. The van der Waals surface area contributed by atoms with E-state index in [0.29, 0.717) is 10.9 Å². The molecule has 1 aromatic rings. The number of hydrogen-bond acceptors (Lipinski definition) is 3. The third kappa shape index (κ3) is 4.29. The van der Waals surface area contributed by atoms with Gasteiger partial charge in [0.25, 0.3) is 5.91 Å². The van der Waals surface area contributed by atoms with Crippen molar-refractivity contribution in [3.05, 3.63) is 34.9 Å². The van der Waals surface area contributed by atoms with Crippen LogP contribution in [0.2, 0.25) is 5.02 Å². The highest BCUT2D eigenvalue weighted by Gasteiger charge is 2.44. The fourth-order valence-electron chi connectivity index (χ4n) is 3.09. The molecular formula is C19H26ClNO3. The first-order valence-corrected chi connectivity index (χ1v) is 8.95. The predicted octanol–water partition coefficient (Wildman–Crippen LogP) is 3.86. The molecule has 0 spiro atoms. The molecule has 1 atom stereocenters. The second-order valence-electron chi connectivity index (χ2n) is 6.97. The summed E-state index contributed by atoms with van der Waals surface area (Å²) in [6.45, 7) is 5.78. The zero-order valence-electron chi connectivity index (χ0n) is 14.6. The van der Waals surface area contributed by atoms with Gasteiger partial charge in [0.2, 0.25) is 0 Å². The Morgan fingerprint density at radius 2 is 1.75 bits per heavy atom. The van der Waals surface area contributed by atoms with Crippen molar-refractivity contribution < 1.29 is 14.3 Å². The number of carbonyl (C=O) groups excluding carboxylic acids is 2. The van der Waals surface area contributed by atoms with Crippen molar-refractivity contribution in [2.45, 2.75) is 57.9 Å². The maximum absolute atomic E-state index is 12.7. The summed E-state index contributed by atoms with van der Waals surface area (Å²) in [5, 5.41) is 3.49. The SMILES string of the molecule is CC(C)[C@H](C)NC(=O)COC(=O)C1(c2ccc(Cl)cc2)CCCC1. The van der Waals surface area contributed by atoms with Crippen LogP contribution in [0.25, 0.3) is 0 Å². The largest absolute Gasteiger partial charge is 0.455 e. The maximum atomic E-state index is 12.7. The molecule has 0 unspecified atom stereocenters. The van der Waals surface area contributed by atoms with Gasteiger partial charge in [0.1, 0.15) is 0 Å². The highest BCUT2D eigenvalue weighted by atomic mass is 35.5. The standard InChI is InChI=1S/C19H26ClNO3/c1-13(2)14(3)21-17(22)12-24-18(23)19(10-4-5-11-19)15-6-8-16(20)9-7-15/h6-9,13-14H,4-5,10-12H2,1-3H3,(H,21,22)/t14-/m0/s1. The third-order valence-electron chi connectivity index (χ3n) is 4.97. The van der Waals surface area contributed by atoms with Crippen molar-refractivity contribution in [1.29, 1.82) is 0 Å². The van der Waals surface area contributed by atoms with Crippen molar-refractivity contribution in [3.63, 3.8) is 0 Å². The summed E-state index contributed by atoms with van der Waals surface area (Å²) in [5.41, 5.74) is 0.277. The molecule has 2 rings (SSSR count). The molecular weight excluding hydrogens is 326 g/mol. The fraction of sp³-hybridized carbons (Fsp3) is 0.579. The van der Waals surface area contributed by atoms with E-state index in [1.165, 1.54) is 0 Å². The van der Waals surface area contributed by atoms with Gasteiger partial charge < -0.3 is 10.1 Å². The molecule has 0 saturated heterocycles. The predicted molar refractivity (Wildman–Crippen MR) is 95.0 cm³/mol. The van der Waals surface area contributed by atoms with Gasteiger partial charge in [0.05, 0.1) is 5.41 Å². The van der Waals surface area contributed by atoms with Crippen LogP contribution in [-0.4, -0.2) is 24.5 Å². The summed E-state index contributed by atoms with van der Waals surface area (Å²) in [6.07, 6.45) is 3.46. The van der Waals surface area contributed by atoms with Crippen molar-refractivity contribution in [2.75, 3.05) is 6.61 Å². The van der Waals surface area contributed by atoms with Crippen molar-refractivity contribution in [3.8, 4) is 0 Å². The van der Waals surface area contributed by atoms with Gasteiger partial charge >= 0.3 is 5.97 Å². The number of halogens is 1. The monoisotopic (exact) mass is 351 g/mol. The lowest BCUT2D eigenvalue weighted by Crippen LogP contribution is -2.41. The van der Waals surface area contributed by atoms with E-state index < -0.39 is 5.41 Å². The van der Waals surface area contributed by atoms with Gasteiger partial charge in [0, 0.05) is 11.1 Å².